The van der Waals surface area contributed by atoms with E-state index in [4.69, 9.17) is 13.9 Å². The summed E-state index contributed by atoms with van der Waals surface area (Å²) >= 11 is 0. The standard InChI is InChI=1S/C22H18N4O4/c27-20(23-12-15-8-9-18-19(11-15)29-14-28-18)13-26-10-4-7-17(26)22-25-24-21(30-22)16-5-2-1-3-6-16/h1-11H,12-14H2,(H,23,27). The third kappa shape index (κ3) is 3.62. The van der Waals surface area contributed by atoms with E-state index in [1.807, 2.05) is 66.9 Å². The molecule has 3 heterocycles. The van der Waals surface area contributed by atoms with Gasteiger partial charge in [-0.05, 0) is 42.0 Å². The molecule has 8 heteroatoms. The molecule has 2 aromatic carbocycles. The van der Waals surface area contributed by atoms with E-state index in [0.29, 0.717) is 29.8 Å². The minimum atomic E-state index is -0.132. The van der Waals surface area contributed by atoms with Crippen LogP contribution < -0.4 is 14.8 Å². The number of carbonyl (C=O) groups is 1. The number of hydrogen-bond acceptors (Lipinski definition) is 6. The molecule has 0 aliphatic carbocycles. The molecule has 0 saturated carbocycles. The van der Waals surface area contributed by atoms with E-state index in [-0.39, 0.29) is 19.2 Å². The summed E-state index contributed by atoms with van der Waals surface area (Å²) in [4.78, 5) is 12.5. The van der Waals surface area contributed by atoms with Crippen molar-refractivity contribution in [1.29, 1.82) is 0 Å². The summed E-state index contributed by atoms with van der Waals surface area (Å²) in [5, 5.41) is 11.2. The van der Waals surface area contributed by atoms with E-state index in [1.54, 1.807) is 4.57 Å². The van der Waals surface area contributed by atoms with Crippen molar-refractivity contribution in [3.63, 3.8) is 0 Å². The monoisotopic (exact) mass is 402 g/mol. The first-order valence-electron chi connectivity index (χ1n) is 9.46. The summed E-state index contributed by atoms with van der Waals surface area (Å²) in [6.07, 6.45) is 1.81. The highest BCUT2D eigenvalue weighted by atomic mass is 16.7. The maximum Gasteiger partial charge on any atom is 0.264 e. The van der Waals surface area contributed by atoms with Crippen LogP contribution in [0.4, 0.5) is 0 Å². The molecule has 0 saturated heterocycles. The topological polar surface area (TPSA) is 91.4 Å². The van der Waals surface area contributed by atoms with Crippen LogP contribution in [-0.2, 0) is 17.9 Å². The second-order valence-corrected chi connectivity index (χ2v) is 6.76. The molecule has 150 valence electrons. The number of rotatable bonds is 6. The van der Waals surface area contributed by atoms with Gasteiger partial charge in [-0.15, -0.1) is 10.2 Å². The van der Waals surface area contributed by atoms with E-state index >= 15 is 0 Å². The Balaban J connectivity index is 1.25. The SMILES string of the molecule is O=C(Cn1cccc1-c1nnc(-c2ccccc2)o1)NCc1ccc2c(c1)OCO2. The van der Waals surface area contributed by atoms with Gasteiger partial charge in [0.05, 0.1) is 0 Å². The van der Waals surface area contributed by atoms with Gasteiger partial charge in [0.15, 0.2) is 11.5 Å². The molecule has 0 bridgehead atoms. The molecule has 1 amide bonds. The van der Waals surface area contributed by atoms with Gasteiger partial charge in [-0.2, -0.15) is 0 Å². The zero-order chi connectivity index (χ0) is 20.3. The van der Waals surface area contributed by atoms with Gasteiger partial charge in [0.2, 0.25) is 18.6 Å². The van der Waals surface area contributed by atoms with Gasteiger partial charge >= 0.3 is 0 Å². The lowest BCUT2D eigenvalue weighted by atomic mass is 10.2. The van der Waals surface area contributed by atoms with Crippen molar-refractivity contribution in [2.75, 3.05) is 6.79 Å². The van der Waals surface area contributed by atoms with Gasteiger partial charge in [-0.1, -0.05) is 24.3 Å². The number of fused-ring (bicyclic) bond motifs is 1. The van der Waals surface area contributed by atoms with Crippen LogP contribution in [0.2, 0.25) is 0 Å². The molecule has 0 unspecified atom stereocenters. The van der Waals surface area contributed by atoms with Crippen molar-refractivity contribution in [3.05, 3.63) is 72.4 Å². The van der Waals surface area contributed by atoms with E-state index < -0.39 is 0 Å². The Bertz CT molecular complexity index is 1180. The average Bonchev–Trinajstić information content (AvgIpc) is 3.52. The lowest BCUT2D eigenvalue weighted by molar-refractivity contribution is -0.121. The fourth-order valence-electron chi connectivity index (χ4n) is 3.23. The van der Waals surface area contributed by atoms with Crippen molar-refractivity contribution in [2.45, 2.75) is 13.1 Å². The van der Waals surface area contributed by atoms with E-state index in [0.717, 1.165) is 16.9 Å². The summed E-state index contributed by atoms with van der Waals surface area (Å²) in [6, 6.07) is 18.8. The van der Waals surface area contributed by atoms with Crippen molar-refractivity contribution in [3.8, 4) is 34.5 Å². The molecule has 1 aliphatic heterocycles. The number of aromatic nitrogens is 3. The third-order valence-electron chi connectivity index (χ3n) is 4.74. The normalized spacial score (nSPS) is 12.1. The summed E-state index contributed by atoms with van der Waals surface area (Å²) in [5.74, 6) is 2.08. The van der Waals surface area contributed by atoms with Gasteiger partial charge in [-0.3, -0.25) is 4.79 Å². The first kappa shape index (κ1) is 18.0. The zero-order valence-electron chi connectivity index (χ0n) is 15.9. The van der Waals surface area contributed by atoms with Crippen molar-refractivity contribution >= 4 is 5.91 Å². The predicted octanol–water partition coefficient (Wildman–Crippen LogP) is 3.25. The number of nitrogens with one attached hydrogen (secondary N) is 1. The molecule has 0 atom stereocenters. The second-order valence-electron chi connectivity index (χ2n) is 6.76. The Kier molecular flexibility index (Phi) is 4.65. The van der Waals surface area contributed by atoms with Gasteiger partial charge in [-0.25, -0.2) is 0 Å². The highest BCUT2D eigenvalue weighted by Crippen LogP contribution is 2.32. The van der Waals surface area contributed by atoms with Crippen LogP contribution in [0, 0.1) is 0 Å². The average molecular weight is 402 g/mol. The largest absolute Gasteiger partial charge is 0.454 e. The smallest absolute Gasteiger partial charge is 0.264 e. The fraction of sp³-hybridized carbons (Fsp3) is 0.136. The minimum absolute atomic E-state index is 0.132. The van der Waals surface area contributed by atoms with Crippen LogP contribution in [0.15, 0.2) is 71.3 Å². The molecule has 0 spiro atoms. The Labute approximate surface area is 172 Å². The third-order valence-corrected chi connectivity index (χ3v) is 4.74. The Morgan fingerprint density at radius 1 is 0.967 bits per heavy atom. The Morgan fingerprint density at radius 3 is 2.70 bits per heavy atom. The summed E-state index contributed by atoms with van der Waals surface area (Å²) in [6.45, 7) is 0.754. The zero-order valence-corrected chi connectivity index (χ0v) is 15.9. The summed E-state index contributed by atoms with van der Waals surface area (Å²) in [5.41, 5.74) is 2.46. The van der Waals surface area contributed by atoms with Crippen LogP contribution in [0.3, 0.4) is 0 Å². The lowest BCUT2D eigenvalue weighted by Crippen LogP contribution is -2.27. The molecule has 1 aliphatic rings. The molecule has 5 rings (SSSR count). The fourth-order valence-corrected chi connectivity index (χ4v) is 3.23. The number of carbonyl (C=O) groups excluding carboxylic acids is 1. The van der Waals surface area contributed by atoms with Crippen LogP contribution in [-0.4, -0.2) is 27.5 Å². The maximum absolute atomic E-state index is 12.5. The molecule has 8 nitrogen and oxygen atoms in total. The van der Waals surface area contributed by atoms with Crippen molar-refractivity contribution in [2.24, 2.45) is 0 Å². The molecule has 4 aromatic rings. The van der Waals surface area contributed by atoms with E-state index in [1.165, 1.54) is 0 Å². The number of hydrogen-bond donors (Lipinski definition) is 1. The van der Waals surface area contributed by atoms with Gasteiger partial charge < -0.3 is 23.8 Å². The molecule has 2 aromatic heterocycles. The summed E-state index contributed by atoms with van der Waals surface area (Å²) < 4.78 is 18.3. The highest BCUT2D eigenvalue weighted by molar-refractivity contribution is 5.76. The second kappa shape index (κ2) is 7.75. The molecule has 30 heavy (non-hydrogen) atoms. The van der Waals surface area contributed by atoms with Gasteiger partial charge in [0.1, 0.15) is 12.2 Å². The van der Waals surface area contributed by atoms with Gasteiger partial charge in [0.25, 0.3) is 5.89 Å². The van der Waals surface area contributed by atoms with Gasteiger partial charge in [0, 0.05) is 18.3 Å². The predicted molar refractivity (Wildman–Crippen MR) is 108 cm³/mol. The maximum atomic E-state index is 12.5. The Morgan fingerprint density at radius 2 is 1.80 bits per heavy atom. The number of nitrogens with zero attached hydrogens (tertiary/aromatic N) is 3. The van der Waals surface area contributed by atoms with Crippen molar-refractivity contribution in [1.82, 2.24) is 20.1 Å². The van der Waals surface area contributed by atoms with Crippen LogP contribution >= 0.6 is 0 Å². The van der Waals surface area contributed by atoms with E-state index in [9.17, 15) is 4.79 Å². The van der Waals surface area contributed by atoms with Crippen molar-refractivity contribution < 1.29 is 18.7 Å². The molecule has 0 fully saturated rings. The lowest BCUT2D eigenvalue weighted by Gasteiger charge is -2.09. The first-order valence-corrected chi connectivity index (χ1v) is 9.46. The number of ether oxygens (including phenoxy) is 2. The number of benzene rings is 2. The first-order chi connectivity index (χ1) is 14.8. The Hall–Kier alpha value is -4.07. The number of amides is 1. The molecule has 1 N–H and O–H groups in total. The highest BCUT2D eigenvalue weighted by Gasteiger charge is 2.16. The van der Waals surface area contributed by atoms with Crippen LogP contribution in [0.25, 0.3) is 23.0 Å². The minimum Gasteiger partial charge on any atom is -0.454 e. The molecular weight excluding hydrogens is 384 g/mol. The molecular formula is C22H18N4O4. The van der Waals surface area contributed by atoms with Crippen LogP contribution in [0.1, 0.15) is 5.56 Å². The summed E-state index contributed by atoms with van der Waals surface area (Å²) in [7, 11) is 0. The van der Waals surface area contributed by atoms with Crippen LogP contribution in [0.5, 0.6) is 11.5 Å². The van der Waals surface area contributed by atoms with E-state index in [2.05, 4.69) is 15.5 Å². The molecule has 0 radical (unpaired) electrons. The quantitative estimate of drug-likeness (QED) is 0.532.